The predicted octanol–water partition coefficient (Wildman–Crippen LogP) is 5.76. The highest BCUT2D eigenvalue weighted by molar-refractivity contribution is 6.42. The van der Waals surface area contributed by atoms with Crippen molar-refractivity contribution >= 4 is 41.1 Å². The van der Waals surface area contributed by atoms with Crippen LogP contribution in [-0.4, -0.2) is 132 Å². The fourth-order valence-electron chi connectivity index (χ4n) is 7.35. The number of methoxy groups -OCH3 is 4. The summed E-state index contributed by atoms with van der Waals surface area (Å²) < 4.78 is 21.2. The van der Waals surface area contributed by atoms with Crippen molar-refractivity contribution in [2.45, 2.75) is 30.7 Å². The fraction of sp³-hybridized carbons (Fsp3) is 0.475. The van der Waals surface area contributed by atoms with Gasteiger partial charge in [-0.2, -0.15) is 0 Å². The first-order valence-electron chi connectivity index (χ1n) is 18.1. The Morgan fingerprint density at radius 3 is 2.04 bits per heavy atom. The molecule has 0 bridgehead atoms. The maximum Gasteiger partial charge on any atom is 0.319 e. The molecule has 2 fully saturated rings. The molecule has 14 heteroatoms. The molecule has 12 nitrogen and oxygen atoms in total. The van der Waals surface area contributed by atoms with Gasteiger partial charge in [0.15, 0.2) is 11.5 Å². The van der Waals surface area contributed by atoms with E-state index >= 15 is 0 Å². The largest absolute Gasteiger partial charge is 0.493 e. The number of hydrogen-bond acceptors (Lipinski definition) is 9. The van der Waals surface area contributed by atoms with Crippen LogP contribution in [-0.2, 0) is 15.1 Å². The highest BCUT2D eigenvalue weighted by Gasteiger charge is 2.39. The van der Waals surface area contributed by atoms with Crippen molar-refractivity contribution in [2.75, 3.05) is 94.4 Å². The Morgan fingerprint density at radius 1 is 0.815 bits per heavy atom. The highest BCUT2D eigenvalue weighted by Crippen LogP contribution is 2.39. The second-order valence-electron chi connectivity index (χ2n) is 13.8. The Kier molecular flexibility index (Phi) is 14.3. The topological polar surface area (TPSA) is 113 Å². The SMILES string of the molecule is COC(=O)CN1CCN(C(=O)NC2(c3ccccc3)CCN(CC[C@H](CN(C)C(=O)c3cc(OC)c(OC)c(OC)c3)c3ccc(Cl)c(Cl)c3)CC2)CC1. The minimum absolute atomic E-state index is 0.0471. The van der Waals surface area contributed by atoms with Crippen molar-refractivity contribution < 1.29 is 33.3 Å². The molecular weight excluding hydrogens is 733 g/mol. The summed E-state index contributed by atoms with van der Waals surface area (Å²) in [7, 11) is 7.73. The van der Waals surface area contributed by atoms with Crippen LogP contribution in [0.2, 0.25) is 10.0 Å². The molecule has 54 heavy (non-hydrogen) atoms. The van der Waals surface area contributed by atoms with Gasteiger partial charge in [-0.1, -0.05) is 59.6 Å². The van der Waals surface area contributed by atoms with Crippen LogP contribution < -0.4 is 19.5 Å². The molecule has 2 aliphatic rings. The average molecular weight is 785 g/mol. The van der Waals surface area contributed by atoms with Gasteiger partial charge in [-0.3, -0.25) is 14.5 Å². The van der Waals surface area contributed by atoms with E-state index < -0.39 is 5.54 Å². The van der Waals surface area contributed by atoms with E-state index in [0.717, 1.165) is 50.0 Å². The van der Waals surface area contributed by atoms with Crippen molar-refractivity contribution in [3.05, 3.63) is 87.4 Å². The number of nitrogens with one attached hydrogen (secondary N) is 1. The molecule has 3 amide bonds. The minimum atomic E-state index is -0.520. The number of amides is 3. The monoisotopic (exact) mass is 783 g/mol. The zero-order chi connectivity index (χ0) is 38.8. The molecule has 0 aliphatic carbocycles. The van der Waals surface area contributed by atoms with Gasteiger partial charge in [0.2, 0.25) is 5.75 Å². The number of rotatable bonds is 14. The van der Waals surface area contributed by atoms with E-state index in [0.29, 0.717) is 65.6 Å². The number of halogens is 2. The smallest absolute Gasteiger partial charge is 0.319 e. The van der Waals surface area contributed by atoms with Crippen LogP contribution in [0.15, 0.2) is 60.7 Å². The summed E-state index contributed by atoms with van der Waals surface area (Å²) in [5.74, 6) is 0.712. The zero-order valence-electron chi connectivity index (χ0n) is 31.7. The van der Waals surface area contributed by atoms with E-state index in [4.69, 9.17) is 42.1 Å². The Bertz CT molecular complexity index is 1720. The molecule has 0 aromatic heterocycles. The van der Waals surface area contributed by atoms with Crippen molar-refractivity contribution in [3.63, 3.8) is 0 Å². The second kappa shape index (κ2) is 18.9. The number of benzene rings is 3. The molecule has 2 aliphatic heterocycles. The molecule has 2 heterocycles. The van der Waals surface area contributed by atoms with Gasteiger partial charge >= 0.3 is 12.0 Å². The predicted molar refractivity (Wildman–Crippen MR) is 209 cm³/mol. The van der Waals surface area contributed by atoms with Crippen LogP contribution in [0.3, 0.4) is 0 Å². The number of urea groups is 1. The van der Waals surface area contributed by atoms with Crippen LogP contribution in [0.25, 0.3) is 0 Å². The lowest BCUT2D eigenvalue weighted by Crippen LogP contribution is -2.59. The summed E-state index contributed by atoms with van der Waals surface area (Å²) in [5.41, 5.74) is 1.97. The van der Waals surface area contributed by atoms with Crippen molar-refractivity contribution in [1.29, 1.82) is 0 Å². The molecule has 292 valence electrons. The first-order valence-corrected chi connectivity index (χ1v) is 18.9. The molecule has 0 unspecified atom stereocenters. The molecule has 1 atom stereocenters. The number of nitrogens with zero attached hydrogens (tertiary/aromatic N) is 4. The lowest BCUT2D eigenvalue weighted by molar-refractivity contribution is -0.142. The molecule has 1 N–H and O–H groups in total. The molecule has 2 saturated heterocycles. The number of likely N-dealkylation sites (tertiary alicyclic amines) is 1. The normalized spacial score (nSPS) is 16.6. The summed E-state index contributed by atoms with van der Waals surface area (Å²) in [6.45, 7) is 5.26. The van der Waals surface area contributed by atoms with Gasteiger partial charge in [0, 0.05) is 64.3 Å². The zero-order valence-corrected chi connectivity index (χ0v) is 33.3. The lowest BCUT2D eigenvalue weighted by atomic mass is 9.80. The number of piperazine rings is 1. The third-order valence-corrected chi connectivity index (χ3v) is 11.3. The van der Waals surface area contributed by atoms with Gasteiger partial charge in [0.1, 0.15) is 0 Å². The number of piperidine rings is 1. The molecule has 3 aromatic rings. The number of ether oxygens (including phenoxy) is 4. The van der Waals surface area contributed by atoms with Crippen LogP contribution in [0.1, 0.15) is 46.7 Å². The standard InChI is InChI=1S/C40H51Cl2N5O7/c1-44(38(49)30-24-34(51-2)37(54-5)35(25-30)52-3)26-29(28-11-12-32(41)33(42)23-28)13-16-45-17-14-40(15-18-45,31-9-7-6-8-10-31)43-39(50)47-21-19-46(20-22-47)27-36(48)53-4/h6-12,23-25,29H,13-22,26-27H2,1-5H3,(H,43,50)/t29-/m1/s1. The van der Waals surface area contributed by atoms with Gasteiger partial charge in [-0.25, -0.2) is 4.79 Å². The second-order valence-corrected chi connectivity index (χ2v) is 14.6. The number of carbonyl (C=O) groups is 3. The maximum absolute atomic E-state index is 13.8. The first kappa shape index (κ1) is 40.9. The number of hydrogen-bond donors (Lipinski definition) is 1. The van der Waals surface area contributed by atoms with Crippen LogP contribution in [0.5, 0.6) is 17.2 Å². The summed E-state index contributed by atoms with van der Waals surface area (Å²) in [6, 6.07) is 19.1. The van der Waals surface area contributed by atoms with Crippen LogP contribution in [0.4, 0.5) is 4.79 Å². The fourth-order valence-corrected chi connectivity index (χ4v) is 7.65. The summed E-state index contributed by atoms with van der Waals surface area (Å²) >= 11 is 12.8. The molecule has 0 radical (unpaired) electrons. The molecule has 3 aromatic carbocycles. The third kappa shape index (κ3) is 9.89. The highest BCUT2D eigenvalue weighted by atomic mass is 35.5. The number of likely N-dealkylation sites (N-methyl/N-ethyl adjacent to an activating group) is 1. The Labute approximate surface area is 328 Å². The van der Waals surface area contributed by atoms with Crippen molar-refractivity contribution in [1.82, 2.24) is 24.9 Å². The third-order valence-electron chi connectivity index (χ3n) is 10.6. The number of carbonyl (C=O) groups excluding carboxylic acids is 3. The minimum Gasteiger partial charge on any atom is -0.493 e. The van der Waals surface area contributed by atoms with Gasteiger partial charge in [-0.05, 0) is 61.2 Å². The Balaban J connectivity index is 1.26. The van der Waals surface area contributed by atoms with E-state index in [1.165, 1.54) is 28.4 Å². The van der Waals surface area contributed by atoms with Crippen molar-refractivity contribution in [3.8, 4) is 17.2 Å². The van der Waals surface area contributed by atoms with E-state index in [-0.39, 0.29) is 30.4 Å². The van der Waals surface area contributed by atoms with E-state index in [1.807, 2.05) is 40.1 Å². The van der Waals surface area contributed by atoms with Gasteiger partial charge in [-0.15, -0.1) is 0 Å². The molecular formula is C40H51Cl2N5O7. The summed E-state index contributed by atoms with van der Waals surface area (Å²) in [4.78, 5) is 47.2. The average Bonchev–Trinajstić information content (AvgIpc) is 3.20. The Morgan fingerprint density at radius 2 is 1.46 bits per heavy atom. The van der Waals surface area contributed by atoms with E-state index in [2.05, 4.69) is 22.3 Å². The Hall–Kier alpha value is -4.23. The lowest BCUT2D eigenvalue weighted by Gasteiger charge is -2.44. The van der Waals surface area contributed by atoms with E-state index in [9.17, 15) is 14.4 Å². The maximum atomic E-state index is 13.8. The van der Waals surface area contributed by atoms with Gasteiger partial charge < -0.3 is 39.0 Å². The van der Waals surface area contributed by atoms with Crippen molar-refractivity contribution in [2.24, 2.45) is 0 Å². The van der Waals surface area contributed by atoms with Crippen LogP contribution in [0, 0.1) is 0 Å². The molecule has 0 spiro atoms. The quantitative estimate of drug-likeness (QED) is 0.204. The summed E-state index contributed by atoms with van der Waals surface area (Å²) in [5, 5.41) is 4.37. The van der Waals surface area contributed by atoms with Gasteiger partial charge in [0.05, 0.1) is 50.6 Å². The van der Waals surface area contributed by atoms with E-state index in [1.54, 1.807) is 30.1 Å². The summed E-state index contributed by atoms with van der Waals surface area (Å²) in [6.07, 6.45) is 2.23. The number of esters is 1. The first-order chi connectivity index (χ1) is 26.0. The van der Waals surface area contributed by atoms with Crippen LogP contribution >= 0.6 is 23.2 Å². The molecule has 0 saturated carbocycles. The molecule has 5 rings (SSSR count). The van der Waals surface area contributed by atoms with Gasteiger partial charge in [0.25, 0.3) is 5.91 Å².